The van der Waals surface area contributed by atoms with Crippen LogP contribution in [0.2, 0.25) is 0 Å². The van der Waals surface area contributed by atoms with Gasteiger partial charge in [0, 0.05) is 5.56 Å². The van der Waals surface area contributed by atoms with Gasteiger partial charge in [-0.15, -0.1) is 0 Å². The van der Waals surface area contributed by atoms with E-state index in [2.05, 4.69) is 10.3 Å². The van der Waals surface area contributed by atoms with Crippen molar-refractivity contribution in [2.24, 2.45) is 0 Å². The summed E-state index contributed by atoms with van der Waals surface area (Å²) < 4.78 is 14.5. The van der Waals surface area contributed by atoms with Crippen LogP contribution in [0.5, 0.6) is 0 Å². The summed E-state index contributed by atoms with van der Waals surface area (Å²) in [6.45, 7) is 1.77. The number of benzene rings is 2. The molecule has 1 aromatic heterocycles. The number of hydrogen-bond donors (Lipinski definition) is 1. The Morgan fingerprint density at radius 3 is 2.86 bits per heavy atom. The van der Waals surface area contributed by atoms with E-state index in [4.69, 9.17) is 0 Å². The van der Waals surface area contributed by atoms with Gasteiger partial charge in [0.25, 0.3) is 0 Å². The molecule has 0 fully saturated rings. The van der Waals surface area contributed by atoms with Gasteiger partial charge in [0.2, 0.25) is 0 Å². The van der Waals surface area contributed by atoms with Gasteiger partial charge in [0.05, 0.1) is 16.8 Å². The van der Waals surface area contributed by atoms with Crippen LogP contribution in [0.4, 0.5) is 9.52 Å². The van der Waals surface area contributed by atoms with Crippen LogP contribution in [0.25, 0.3) is 10.2 Å². The molecule has 1 N–H and O–H groups in total. The number of Topliss-reactive ketones (excluding diaryl/α,β-unsaturated/α-hetero) is 1. The average Bonchev–Trinajstić information content (AvgIpc) is 2.90. The van der Waals surface area contributed by atoms with Gasteiger partial charge in [-0.05, 0) is 30.7 Å². The largest absolute Gasteiger partial charge is 0.354 e. The topological polar surface area (TPSA) is 42.0 Å². The maximum atomic E-state index is 13.5. The summed E-state index contributed by atoms with van der Waals surface area (Å²) in [6.07, 6.45) is 0. The number of ketones is 1. The van der Waals surface area contributed by atoms with E-state index in [1.54, 1.807) is 19.1 Å². The first-order chi connectivity index (χ1) is 10.1. The molecule has 21 heavy (non-hydrogen) atoms. The van der Waals surface area contributed by atoms with E-state index in [9.17, 15) is 9.18 Å². The maximum absolute atomic E-state index is 13.5. The third-order valence-corrected chi connectivity index (χ3v) is 4.18. The lowest BCUT2D eigenvalue weighted by Gasteiger charge is -2.03. The number of aromatic nitrogens is 1. The summed E-state index contributed by atoms with van der Waals surface area (Å²) >= 11 is 1.49. The molecule has 3 aromatic rings. The maximum Gasteiger partial charge on any atom is 0.184 e. The number of thiazole rings is 1. The van der Waals surface area contributed by atoms with Crippen molar-refractivity contribution in [1.29, 1.82) is 0 Å². The average molecular weight is 300 g/mol. The number of nitrogens with zero attached hydrogens (tertiary/aromatic N) is 1. The third kappa shape index (κ3) is 2.92. The van der Waals surface area contributed by atoms with Gasteiger partial charge in [-0.1, -0.05) is 35.6 Å². The zero-order chi connectivity index (χ0) is 14.8. The van der Waals surface area contributed by atoms with Gasteiger partial charge in [0.15, 0.2) is 10.9 Å². The molecule has 0 aliphatic rings. The van der Waals surface area contributed by atoms with Crippen molar-refractivity contribution >= 4 is 32.5 Å². The van der Waals surface area contributed by atoms with Crippen molar-refractivity contribution in [3.63, 3.8) is 0 Å². The minimum absolute atomic E-state index is 0.0995. The Morgan fingerprint density at radius 2 is 2.10 bits per heavy atom. The van der Waals surface area contributed by atoms with E-state index in [-0.39, 0.29) is 18.1 Å². The van der Waals surface area contributed by atoms with E-state index in [0.29, 0.717) is 16.3 Å². The van der Waals surface area contributed by atoms with Crippen molar-refractivity contribution in [1.82, 2.24) is 4.98 Å². The monoisotopic (exact) mass is 300 g/mol. The molecule has 106 valence electrons. The van der Waals surface area contributed by atoms with Crippen molar-refractivity contribution in [2.45, 2.75) is 6.92 Å². The summed E-state index contributed by atoms with van der Waals surface area (Å²) in [7, 11) is 0. The number of aryl methyl sites for hydroxylation is 1. The molecular formula is C16H13FN2OS. The highest BCUT2D eigenvalue weighted by Gasteiger charge is 2.09. The molecule has 0 aliphatic heterocycles. The van der Waals surface area contributed by atoms with E-state index in [1.165, 1.54) is 17.4 Å². The highest BCUT2D eigenvalue weighted by atomic mass is 32.1. The number of halogens is 1. The fraction of sp³-hybridized carbons (Fsp3) is 0.125. The molecule has 3 nitrogen and oxygen atoms in total. The number of carbonyl (C=O) groups excluding carboxylic acids is 1. The molecule has 0 amide bonds. The van der Waals surface area contributed by atoms with Crippen LogP contribution in [0.1, 0.15) is 15.9 Å². The molecule has 0 spiro atoms. The Bertz CT molecular complexity index is 780. The summed E-state index contributed by atoms with van der Waals surface area (Å²) in [5, 5.41) is 3.69. The van der Waals surface area contributed by atoms with Gasteiger partial charge < -0.3 is 5.32 Å². The zero-order valence-corrected chi connectivity index (χ0v) is 12.2. The SMILES string of the molecule is Cc1ccc(C(=O)CNc2nc3ccccc3s2)cc1F. The first kappa shape index (κ1) is 13.7. The second-order valence-corrected chi connectivity index (χ2v) is 5.76. The molecule has 0 unspecified atom stereocenters. The summed E-state index contributed by atoms with van der Waals surface area (Å²) in [5.41, 5.74) is 1.80. The van der Waals surface area contributed by atoms with Gasteiger partial charge >= 0.3 is 0 Å². The molecule has 1 heterocycles. The molecule has 5 heteroatoms. The van der Waals surface area contributed by atoms with Crippen molar-refractivity contribution in [3.05, 3.63) is 59.4 Å². The molecule has 0 atom stereocenters. The number of rotatable bonds is 4. The highest BCUT2D eigenvalue weighted by molar-refractivity contribution is 7.22. The molecule has 0 aliphatic carbocycles. The fourth-order valence-electron chi connectivity index (χ4n) is 1.97. The third-order valence-electron chi connectivity index (χ3n) is 3.19. The van der Waals surface area contributed by atoms with E-state index in [1.807, 2.05) is 24.3 Å². The first-order valence-corrected chi connectivity index (χ1v) is 7.34. The van der Waals surface area contributed by atoms with Crippen LogP contribution < -0.4 is 5.32 Å². The molecule has 2 aromatic carbocycles. The van der Waals surface area contributed by atoms with Crippen LogP contribution in [0.3, 0.4) is 0 Å². The van der Waals surface area contributed by atoms with Crippen LogP contribution >= 0.6 is 11.3 Å². The van der Waals surface area contributed by atoms with Crippen LogP contribution in [-0.4, -0.2) is 17.3 Å². The fourth-order valence-corrected chi connectivity index (χ4v) is 2.83. The zero-order valence-electron chi connectivity index (χ0n) is 11.4. The van der Waals surface area contributed by atoms with E-state index >= 15 is 0 Å². The minimum Gasteiger partial charge on any atom is -0.354 e. The molecule has 0 bridgehead atoms. The molecule has 3 rings (SSSR count). The molecule has 0 saturated heterocycles. The Hall–Kier alpha value is -2.27. The predicted octanol–water partition coefficient (Wildman–Crippen LogP) is 4.04. The van der Waals surface area contributed by atoms with Crippen LogP contribution in [-0.2, 0) is 0 Å². The first-order valence-electron chi connectivity index (χ1n) is 6.52. The van der Waals surface area contributed by atoms with E-state index in [0.717, 1.165) is 10.2 Å². The van der Waals surface area contributed by atoms with Crippen molar-refractivity contribution in [2.75, 3.05) is 11.9 Å². The summed E-state index contributed by atoms with van der Waals surface area (Å²) in [5.74, 6) is -0.519. The normalized spacial score (nSPS) is 10.8. The van der Waals surface area contributed by atoms with Crippen LogP contribution in [0.15, 0.2) is 42.5 Å². The van der Waals surface area contributed by atoms with E-state index < -0.39 is 0 Å². The second kappa shape index (κ2) is 5.61. The second-order valence-electron chi connectivity index (χ2n) is 4.73. The standard InChI is InChI=1S/C16H13FN2OS/c1-10-6-7-11(8-12(10)17)14(20)9-18-16-19-13-4-2-3-5-15(13)21-16/h2-8H,9H2,1H3,(H,18,19). The predicted molar refractivity (Wildman–Crippen MR) is 83.6 cm³/mol. The smallest absolute Gasteiger partial charge is 0.184 e. The number of anilines is 1. The number of carbonyl (C=O) groups is 1. The quantitative estimate of drug-likeness (QED) is 0.739. The number of para-hydroxylation sites is 1. The van der Waals surface area contributed by atoms with Gasteiger partial charge in [-0.3, -0.25) is 4.79 Å². The lowest BCUT2D eigenvalue weighted by Crippen LogP contribution is -2.14. The van der Waals surface area contributed by atoms with Gasteiger partial charge in [-0.2, -0.15) is 0 Å². The van der Waals surface area contributed by atoms with Gasteiger partial charge in [-0.25, -0.2) is 9.37 Å². The summed E-state index contributed by atoms with van der Waals surface area (Å²) in [6, 6.07) is 12.3. The number of nitrogens with one attached hydrogen (secondary N) is 1. The Morgan fingerprint density at radius 1 is 1.29 bits per heavy atom. The molecule has 0 radical (unpaired) electrons. The van der Waals surface area contributed by atoms with Gasteiger partial charge in [0.1, 0.15) is 5.82 Å². The molecular weight excluding hydrogens is 287 g/mol. The lowest BCUT2D eigenvalue weighted by atomic mass is 10.1. The molecule has 0 saturated carbocycles. The Kier molecular flexibility index (Phi) is 3.66. The highest BCUT2D eigenvalue weighted by Crippen LogP contribution is 2.25. The Balaban J connectivity index is 1.71. The lowest BCUT2D eigenvalue weighted by molar-refractivity contribution is 0.101. The van der Waals surface area contributed by atoms with Crippen LogP contribution in [0, 0.1) is 12.7 Å². The number of fused-ring (bicyclic) bond motifs is 1. The number of hydrogen-bond acceptors (Lipinski definition) is 4. The summed E-state index contributed by atoms with van der Waals surface area (Å²) in [4.78, 5) is 16.4. The van der Waals surface area contributed by atoms with Crippen molar-refractivity contribution in [3.8, 4) is 0 Å². The Labute approximate surface area is 125 Å². The van der Waals surface area contributed by atoms with Crippen molar-refractivity contribution < 1.29 is 9.18 Å². The minimum atomic E-state index is -0.360.